The van der Waals surface area contributed by atoms with Crippen molar-refractivity contribution < 1.29 is 0 Å². The van der Waals surface area contributed by atoms with Gasteiger partial charge in [-0.15, -0.1) is 0 Å². The van der Waals surface area contributed by atoms with Crippen LogP contribution in [0.2, 0.25) is 0 Å². The van der Waals surface area contributed by atoms with E-state index in [0.29, 0.717) is 0 Å². The number of benzene rings is 1. The van der Waals surface area contributed by atoms with Crippen molar-refractivity contribution in [1.82, 2.24) is 9.78 Å². The minimum absolute atomic E-state index is 0.266. The predicted molar refractivity (Wildman–Crippen MR) is 80.1 cm³/mol. The molecule has 0 aliphatic heterocycles. The van der Waals surface area contributed by atoms with Crippen molar-refractivity contribution in [1.29, 1.82) is 0 Å². The highest BCUT2D eigenvalue weighted by Gasteiger charge is 2.20. The third-order valence-corrected chi connectivity index (χ3v) is 3.05. The van der Waals surface area contributed by atoms with Crippen LogP contribution in [0.5, 0.6) is 0 Å². The lowest BCUT2D eigenvalue weighted by Crippen LogP contribution is -2.19. The average Bonchev–Trinajstić information content (AvgIpc) is 2.73. The van der Waals surface area contributed by atoms with Gasteiger partial charge in [-0.05, 0) is 17.4 Å². The highest BCUT2D eigenvalue weighted by molar-refractivity contribution is 5.37. The van der Waals surface area contributed by atoms with Gasteiger partial charge in [0.1, 0.15) is 5.82 Å². The van der Waals surface area contributed by atoms with Crippen LogP contribution < -0.4 is 5.32 Å². The van der Waals surface area contributed by atoms with Crippen LogP contribution in [-0.2, 0) is 7.05 Å². The van der Waals surface area contributed by atoms with E-state index in [4.69, 9.17) is 0 Å². The molecular formula is C16H23N3. The molecule has 3 nitrogen and oxygen atoms in total. The molecule has 102 valence electrons. The molecule has 0 radical (unpaired) electrons. The second-order valence-electron chi connectivity index (χ2n) is 6.25. The second-order valence-corrected chi connectivity index (χ2v) is 6.25. The first-order valence-corrected chi connectivity index (χ1v) is 6.75. The summed E-state index contributed by atoms with van der Waals surface area (Å²) in [6, 6.07) is 12.9. The van der Waals surface area contributed by atoms with Gasteiger partial charge in [-0.2, -0.15) is 5.10 Å². The van der Waals surface area contributed by atoms with Crippen molar-refractivity contribution in [3.8, 4) is 0 Å². The molecule has 0 saturated heterocycles. The molecule has 1 heterocycles. The molecular weight excluding hydrogens is 234 g/mol. The molecule has 1 aromatic carbocycles. The molecule has 0 amide bonds. The number of hydrogen-bond acceptors (Lipinski definition) is 2. The van der Waals surface area contributed by atoms with Gasteiger partial charge in [0, 0.05) is 19.3 Å². The van der Waals surface area contributed by atoms with Crippen LogP contribution in [-0.4, -0.2) is 9.78 Å². The first kappa shape index (κ1) is 13.7. The lowest BCUT2D eigenvalue weighted by atomic mass is 9.85. The van der Waals surface area contributed by atoms with Crippen molar-refractivity contribution in [2.24, 2.45) is 12.5 Å². The van der Waals surface area contributed by atoms with Crippen LogP contribution in [0.4, 0.5) is 5.82 Å². The van der Waals surface area contributed by atoms with Crippen LogP contribution in [0.1, 0.15) is 38.8 Å². The van der Waals surface area contributed by atoms with Gasteiger partial charge in [0.05, 0.1) is 6.04 Å². The quantitative estimate of drug-likeness (QED) is 0.897. The molecule has 0 fully saturated rings. The van der Waals surface area contributed by atoms with Crippen molar-refractivity contribution in [3.05, 3.63) is 48.2 Å². The molecule has 0 aliphatic carbocycles. The normalized spacial score (nSPS) is 13.3. The fourth-order valence-electron chi connectivity index (χ4n) is 2.22. The van der Waals surface area contributed by atoms with E-state index in [9.17, 15) is 0 Å². The maximum absolute atomic E-state index is 4.41. The van der Waals surface area contributed by atoms with E-state index in [0.717, 1.165) is 12.2 Å². The summed E-state index contributed by atoms with van der Waals surface area (Å²) in [6.07, 6.45) is 3.02. The summed E-state index contributed by atoms with van der Waals surface area (Å²) in [7, 11) is 1.94. The Morgan fingerprint density at radius 3 is 2.37 bits per heavy atom. The Bertz CT molecular complexity index is 508. The summed E-state index contributed by atoms with van der Waals surface area (Å²) in [5.74, 6) is 0.931. The standard InChI is InChI=1S/C16H23N3/c1-16(2,3)12-14(13-8-6-5-7-9-13)17-15-10-11-19(4)18-15/h5-11,14H,12H2,1-4H3,(H,17,18). The largest absolute Gasteiger partial charge is 0.362 e. The zero-order chi connectivity index (χ0) is 13.9. The fraction of sp³-hybridized carbons (Fsp3) is 0.438. The van der Waals surface area contributed by atoms with E-state index in [-0.39, 0.29) is 11.5 Å². The summed E-state index contributed by atoms with van der Waals surface area (Å²) in [5, 5.41) is 7.95. The Balaban J connectivity index is 2.19. The van der Waals surface area contributed by atoms with Gasteiger partial charge in [0.15, 0.2) is 0 Å². The fourth-order valence-corrected chi connectivity index (χ4v) is 2.22. The smallest absolute Gasteiger partial charge is 0.148 e. The average molecular weight is 257 g/mol. The molecule has 0 spiro atoms. The van der Waals surface area contributed by atoms with Crippen LogP contribution in [0.15, 0.2) is 42.6 Å². The monoisotopic (exact) mass is 257 g/mol. The number of nitrogens with zero attached hydrogens (tertiary/aromatic N) is 2. The molecule has 2 rings (SSSR count). The van der Waals surface area contributed by atoms with Gasteiger partial charge in [-0.3, -0.25) is 4.68 Å². The zero-order valence-corrected chi connectivity index (χ0v) is 12.2. The minimum Gasteiger partial charge on any atom is -0.362 e. The minimum atomic E-state index is 0.266. The molecule has 0 saturated carbocycles. The molecule has 3 heteroatoms. The van der Waals surface area contributed by atoms with Crippen LogP contribution in [0, 0.1) is 5.41 Å². The summed E-state index contributed by atoms with van der Waals surface area (Å²) >= 11 is 0. The van der Waals surface area contributed by atoms with Gasteiger partial charge >= 0.3 is 0 Å². The van der Waals surface area contributed by atoms with Gasteiger partial charge in [0.2, 0.25) is 0 Å². The van der Waals surface area contributed by atoms with E-state index < -0.39 is 0 Å². The third-order valence-electron chi connectivity index (χ3n) is 3.05. The van der Waals surface area contributed by atoms with Crippen LogP contribution >= 0.6 is 0 Å². The van der Waals surface area contributed by atoms with E-state index in [1.807, 2.05) is 24.0 Å². The Morgan fingerprint density at radius 2 is 1.84 bits per heavy atom. The summed E-state index contributed by atoms with van der Waals surface area (Å²) < 4.78 is 1.82. The van der Waals surface area contributed by atoms with Crippen molar-refractivity contribution in [2.75, 3.05) is 5.32 Å². The number of aromatic nitrogens is 2. The number of rotatable bonds is 4. The van der Waals surface area contributed by atoms with Gasteiger partial charge < -0.3 is 5.32 Å². The highest BCUT2D eigenvalue weighted by Crippen LogP contribution is 2.31. The molecule has 2 aromatic rings. The summed E-state index contributed by atoms with van der Waals surface area (Å²) in [4.78, 5) is 0. The predicted octanol–water partition coefficient (Wildman–Crippen LogP) is 4.01. The Kier molecular flexibility index (Phi) is 3.93. The Labute approximate surface area is 115 Å². The SMILES string of the molecule is Cn1ccc(NC(CC(C)(C)C)c2ccccc2)n1. The van der Waals surface area contributed by atoms with E-state index in [2.05, 4.69) is 61.5 Å². The maximum Gasteiger partial charge on any atom is 0.148 e. The van der Waals surface area contributed by atoms with Gasteiger partial charge in [-0.1, -0.05) is 51.1 Å². The number of nitrogens with one attached hydrogen (secondary N) is 1. The van der Waals surface area contributed by atoms with Crippen molar-refractivity contribution in [3.63, 3.8) is 0 Å². The topological polar surface area (TPSA) is 29.9 Å². The third kappa shape index (κ3) is 4.12. The van der Waals surface area contributed by atoms with E-state index >= 15 is 0 Å². The van der Waals surface area contributed by atoms with Gasteiger partial charge in [0.25, 0.3) is 0 Å². The molecule has 1 aromatic heterocycles. The van der Waals surface area contributed by atoms with Crippen LogP contribution in [0.3, 0.4) is 0 Å². The highest BCUT2D eigenvalue weighted by atomic mass is 15.3. The maximum atomic E-state index is 4.41. The van der Waals surface area contributed by atoms with Crippen LogP contribution in [0.25, 0.3) is 0 Å². The summed E-state index contributed by atoms with van der Waals surface area (Å²) in [6.45, 7) is 6.80. The lowest BCUT2D eigenvalue weighted by Gasteiger charge is -2.27. The second kappa shape index (κ2) is 5.47. The van der Waals surface area contributed by atoms with E-state index in [1.165, 1.54) is 5.56 Å². The molecule has 19 heavy (non-hydrogen) atoms. The molecule has 1 N–H and O–H groups in total. The number of hydrogen-bond donors (Lipinski definition) is 1. The van der Waals surface area contributed by atoms with Crippen molar-refractivity contribution >= 4 is 5.82 Å². The van der Waals surface area contributed by atoms with Gasteiger partial charge in [-0.25, -0.2) is 0 Å². The molecule has 0 aliphatic rings. The van der Waals surface area contributed by atoms with Crippen molar-refractivity contribution in [2.45, 2.75) is 33.2 Å². The first-order chi connectivity index (χ1) is 8.94. The zero-order valence-electron chi connectivity index (χ0n) is 12.2. The molecule has 0 bridgehead atoms. The molecule has 1 atom stereocenters. The number of aryl methyl sites for hydroxylation is 1. The Morgan fingerprint density at radius 1 is 1.16 bits per heavy atom. The number of anilines is 1. The molecule has 1 unspecified atom stereocenters. The summed E-state index contributed by atoms with van der Waals surface area (Å²) in [5.41, 5.74) is 1.57. The first-order valence-electron chi connectivity index (χ1n) is 6.75. The lowest BCUT2D eigenvalue weighted by molar-refractivity contribution is 0.352. The Hall–Kier alpha value is -1.77. The van der Waals surface area contributed by atoms with E-state index in [1.54, 1.807) is 0 Å².